The molecule has 4 aliphatic rings. The van der Waals surface area contributed by atoms with Gasteiger partial charge < -0.3 is 72.1 Å². The predicted octanol–water partition coefficient (Wildman–Crippen LogP) is 5.16. The lowest BCUT2D eigenvalue weighted by atomic mass is 9.74. The number of carbonyl (C=O) groups is 4. The van der Waals surface area contributed by atoms with Gasteiger partial charge in [0.2, 0.25) is 0 Å². The summed E-state index contributed by atoms with van der Waals surface area (Å²) in [4.78, 5) is 70.4. The molecule has 4 aliphatic heterocycles. The van der Waals surface area contributed by atoms with Crippen molar-refractivity contribution in [1.82, 2.24) is 14.5 Å². The number of cyclic esters (lactones) is 1. The Morgan fingerprint density at radius 2 is 1.54 bits per heavy atom. The highest BCUT2D eigenvalue weighted by Crippen LogP contribution is 2.40. The molecule has 4 fully saturated rings. The van der Waals surface area contributed by atoms with Gasteiger partial charge in [-0.3, -0.25) is 14.4 Å². The largest absolute Gasteiger partial charge is 0.461 e. The van der Waals surface area contributed by atoms with Crippen molar-refractivity contribution in [3.63, 3.8) is 0 Å². The molecular weight excluding hydrogens is 993 g/mol. The van der Waals surface area contributed by atoms with E-state index in [4.69, 9.17) is 56.9 Å². The molecule has 76 heavy (non-hydrogen) atoms. The number of aliphatic hydroxyl groups excluding tert-OH is 2. The van der Waals surface area contributed by atoms with Gasteiger partial charge in [0.25, 0.3) is 0 Å². The van der Waals surface area contributed by atoms with Gasteiger partial charge in [0.1, 0.15) is 50.1 Å². The first kappa shape index (κ1) is 63.2. The Balaban J connectivity index is 1.71. The van der Waals surface area contributed by atoms with Gasteiger partial charge in [0, 0.05) is 76.2 Å². The van der Waals surface area contributed by atoms with E-state index < -0.39 is 145 Å². The smallest absolute Gasteiger partial charge is 0.420 e. The van der Waals surface area contributed by atoms with E-state index in [0.717, 1.165) is 4.57 Å². The Morgan fingerprint density at radius 3 is 2.16 bits per heavy atom. The Bertz CT molecular complexity index is 2050. The average molecular weight is 1080 g/mol. The first-order valence-electron chi connectivity index (χ1n) is 27.0. The number of rotatable bonds is 15. The lowest BCUT2D eigenvalue weighted by Crippen LogP contribution is -2.59. The molecule has 1 aromatic rings. The van der Waals surface area contributed by atoms with Crippen molar-refractivity contribution in [2.45, 2.75) is 213 Å². The molecule has 0 unspecified atom stereocenters. The summed E-state index contributed by atoms with van der Waals surface area (Å²) >= 11 is 0. The number of aromatic nitrogens is 2. The number of oxime groups is 1. The number of ether oxygens (including phenoxy) is 11. The molecular formula is C54H90N4O18. The summed E-state index contributed by atoms with van der Waals surface area (Å²) in [6.07, 6.45) is -9.49. The maximum Gasteiger partial charge on any atom is 0.420 e. The molecule has 22 heteroatoms. The minimum Gasteiger partial charge on any atom is -0.461 e. The lowest BCUT2D eigenvalue weighted by molar-refractivity contribution is -0.305. The molecule has 0 aromatic carbocycles. The SMILES string of the molecule is CON=C1C[C@@H](C)O[C@@H](O[C@@H]2[C@@H](C)[C@H](O[C@H]3C[C@@H](C)N(C)C[C@H](C)O3)[C@@H](C)C(=O)O[C@H]([C@@H](C)CO[C@@H]3O[C@H](C)[C@@H](O)[C@@H](OC)[C@H]3OC)[C@H](C)[C@@H](OC(=O)CC(C)C)[C@@H](C)C(=O)[C@@](C)(OC(=O)n3ccnc3)C[C@@H]2C)[C@@H]1O. The van der Waals surface area contributed by atoms with Crippen LogP contribution in [0.1, 0.15) is 116 Å². The van der Waals surface area contributed by atoms with E-state index in [0.29, 0.717) is 13.0 Å². The summed E-state index contributed by atoms with van der Waals surface area (Å²) in [7, 11) is 6.29. The van der Waals surface area contributed by atoms with E-state index in [1.165, 1.54) is 47.0 Å². The van der Waals surface area contributed by atoms with Crippen molar-refractivity contribution in [1.29, 1.82) is 0 Å². The number of nitrogens with zero attached hydrogens (tertiary/aromatic N) is 4. The summed E-state index contributed by atoms with van der Waals surface area (Å²) in [5.74, 6) is -7.41. The zero-order valence-electron chi connectivity index (χ0n) is 47.9. The van der Waals surface area contributed by atoms with Gasteiger partial charge in [0.15, 0.2) is 30.3 Å². The Hall–Kier alpha value is -3.68. The van der Waals surface area contributed by atoms with Crippen LogP contribution in [-0.2, 0) is 71.3 Å². The maximum atomic E-state index is 15.7. The number of ketones is 1. The lowest BCUT2D eigenvalue weighted by Gasteiger charge is -2.45. The molecule has 0 radical (unpaired) electrons. The Kier molecular flexibility index (Phi) is 23.2. The minimum absolute atomic E-state index is 0.00697. The highest BCUT2D eigenvalue weighted by molar-refractivity contribution is 5.92. The first-order chi connectivity index (χ1) is 35.7. The minimum atomic E-state index is -1.97. The van der Waals surface area contributed by atoms with E-state index in [-0.39, 0.29) is 49.6 Å². The number of methoxy groups -OCH3 is 2. The molecule has 1 aromatic heterocycles. The molecule has 5 rings (SSSR count). The number of esters is 2. The van der Waals surface area contributed by atoms with E-state index >= 15 is 9.59 Å². The summed E-state index contributed by atoms with van der Waals surface area (Å²) in [6, 6.07) is 0.0133. The fourth-order valence-corrected chi connectivity index (χ4v) is 11.4. The van der Waals surface area contributed by atoms with Crippen LogP contribution in [0.2, 0.25) is 0 Å². The van der Waals surface area contributed by atoms with Gasteiger partial charge in [-0.2, -0.15) is 0 Å². The number of likely N-dealkylation sites (N-methyl/N-ethyl adjacent to an activating group) is 1. The van der Waals surface area contributed by atoms with Crippen LogP contribution in [0.3, 0.4) is 0 Å². The molecule has 434 valence electrons. The molecule has 0 saturated carbocycles. The van der Waals surface area contributed by atoms with E-state index in [1.54, 1.807) is 41.5 Å². The summed E-state index contributed by atoms with van der Waals surface area (Å²) in [5.41, 5.74) is -1.68. The van der Waals surface area contributed by atoms with E-state index in [2.05, 4.69) is 22.0 Å². The number of aliphatic hydroxyl groups is 2. The second kappa shape index (κ2) is 28.0. The van der Waals surface area contributed by atoms with Gasteiger partial charge >= 0.3 is 18.0 Å². The topological polar surface area (TPSA) is 253 Å². The summed E-state index contributed by atoms with van der Waals surface area (Å²) < 4.78 is 71.2. The molecule has 0 amide bonds. The zero-order chi connectivity index (χ0) is 56.5. The highest BCUT2D eigenvalue weighted by atomic mass is 16.7. The van der Waals surface area contributed by atoms with Crippen molar-refractivity contribution in [2.24, 2.45) is 46.6 Å². The van der Waals surface area contributed by atoms with Crippen molar-refractivity contribution in [2.75, 3.05) is 41.5 Å². The number of hydrogen-bond donors (Lipinski definition) is 2. The molecule has 0 aliphatic carbocycles. The fraction of sp³-hybridized carbons (Fsp3) is 0.852. The fourth-order valence-electron chi connectivity index (χ4n) is 11.4. The van der Waals surface area contributed by atoms with Crippen LogP contribution in [0.15, 0.2) is 23.9 Å². The van der Waals surface area contributed by atoms with Gasteiger partial charge in [-0.05, 0) is 66.8 Å². The van der Waals surface area contributed by atoms with Crippen LogP contribution >= 0.6 is 0 Å². The van der Waals surface area contributed by atoms with Crippen molar-refractivity contribution < 1.29 is 86.3 Å². The average Bonchev–Trinajstić information content (AvgIpc) is 3.87. The van der Waals surface area contributed by atoms with Crippen LogP contribution in [-0.4, -0.2) is 193 Å². The van der Waals surface area contributed by atoms with Crippen LogP contribution < -0.4 is 0 Å². The summed E-state index contributed by atoms with van der Waals surface area (Å²) in [5, 5.41) is 26.8. The summed E-state index contributed by atoms with van der Waals surface area (Å²) in [6.45, 7) is 23.8. The van der Waals surface area contributed by atoms with Crippen molar-refractivity contribution in [3.05, 3.63) is 18.7 Å². The third kappa shape index (κ3) is 15.6. The second-order valence-electron chi connectivity index (χ2n) is 22.6. The van der Waals surface area contributed by atoms with Crippen LogP contribution in [0.4, 0.5) is 4.79 Å². The molecule has 4 saturated heterocycles. The highest BCUT2D eigenvalue weighted by Gasteiger charge is 2.53. The van der Waals surface area contributed by atoms with E-state index in [9.17, 15) is 19.8 Å². The molecule has 0 bridgehead atoms. The van der Waals surface area contributed by atoms with Gasteiger partial charge in [0.05, 0.1) is 54.7 Å². The van der Waals surface area contributed by atoms with Crippen molar-refractivity contribution >= 4 is 29.5 Å². The Labute approximate surface area is 449 Å². The van der Waals surface area contributed by atoms with Gasteiger partial charge in [-0.15, -0.1) is 0 Å². The molecule has 2 N–H and O–H groups in total. The van der Waals surface area contributed by atoms with Crippen LogP contribution in [0, 0.1) is 41.4 Å². The first-order valence-corrected chi connectivity index (χ1v) is 27.0. The monoisotopic (exact) mass is 1080 g/mol. The number of hydrogen-bond acceptors (Lipinski definition) is 21. The quantitative estimate of drug-likeness (QED) is 0.131. The van der Waals surface area contributed by atoms with Crippen LogP contribution in [0.5, 0.6) is 0 Å². The standard InChI is InChI=1S/C54H90N4O18/c1-27(2)20-39(59)72-45-34(9)44(29(4)25-68-52-48(66-16)47(65-15)41(60)37(12)71-52)74-50(63)36(11)46(73-40-21-30(5)57(14)24-32(7)69-40)33(8)43(75-51-42(61)38(56-67-17)22-31(6)70-51)28(3)23-54(13,49(62)35(45)10)76-53(64)58-19-18-55-26-58/h18-19,26-37,40-48,51-52,60-61H,20-25H2,1-17H3/t28-,29-,30+,31+,32-,33+,34-,35+,36+,37+,40-,41+,42+,43-,44+,45+,46-,47+,48+,51-,52+,54-/m0/s1. The molecule has 0 spiro atoms. The third-order valence-corrected chi connectivity index (χ3v) is 15.6. The third-order valence-electron chi connectivity index (χ3n) is 15.6. The van der Waals surface area contributed by atoms with Crippen LogP contribution in [0.25, 0.3) is 0 Å². The van der Waals surface area contributed by atoms with E-state index in [1.807, 2.05) is 41.7 Å². The number of carbonyl (C=O) groups excluding carboxylic acids is 4. The van der Waals surface area contributed by atoms with Gasteiger partial charge in [-0.1, -0.05) is 53.6 Å². The Morgan fingerprint density at radius 1 is 0.855 bits per heavy atom. The molecule has 22 atom stereocenters. The molecule has 22 nitrogen and oxygen atoms in total. The number of Topliss-reactive ketones (excluding diaryl/α,β-unsaturated/α-hetero) is 1. The zero-order valence-corrected chi connectivity index (χ0v) is 47.9. The maximum absolute atomic E-state index is 15.7. The second-order valence-corrected chi connectivity index (χ2v) is 22.6. The normalized spacial score (nSPS) is 40.7. The molecule has 5 heterocycles. The van der Waals surface area contributed by atoms with Crippen molar-refractivity contribution in [3.8, 4) is 0 Å². The predicted molar refractivity (Wildman–Crippen MR) is 274 cm³/mol. The number of imidazole rings is 1. The van der Waals surface area contributed by atoms with Gasteiger partial charge in [-0.25, -0.2) is 14.3 Å².